The van der Waals surface area contributed by atoms with Crippen LogP contribution in [0.25, 0.3) is 0 Å². The first-order chi connectivity index (χ1) is 12.4. The van der Waals surface area contributed by atoms with Gasteiger partial charge in [0.1, 0.15) is 5.75 Å². The van der Waals surface area contributed by atoms with E-state index >= 15 is 0 Å². The SMILES string of the molecule is NCCC(=O)NCC1CCCCN1Cc1cccc(OCC(F)(F)F)c1. The summed E-state index contributed by atoms with van der Waals surface area (Å²) in [6.45, 7) is 1.09. The van der Waals surface area contributed by atoms with E-state index in [2.05, 4.69) is 10.2 Å². The van der Waals surface area contributed by atoms with Crippen LogP contribution in [0.4, 0.5) is 13.2 Å². The van der Waals surface area contributed by atoms with E-state index in [-0.39, 0.29) is 17.7 Å². The molecule has 8 heteroatoms. The van der Waals surface area contributed by atoms with Crippen LogP contribution >= 0.6 is 0 Å². The van der Waals surface area contributed by atoms with E-state index in [9.17, 15) is 18.0 Å². The first kappa shape index (κ1) is 20.5. The standard InChI is InChI=1S/C18H26F3N3O2/c19-18(20,21)13-26-16-6-3-4-14(10-16)12-24-9-2-1-5-15(24)11-23-17(25)7-8-22/h3-4,6,10,15H,1-2,5,7-9,11-13,22H2,(H,23,25). The van der Waals surface area contributed by atoms with E-state index in [0.29, 0.717) is 26.1 Å². The highest BCUT2D eigenvalue weighted by Gasteiger charge is 2.28. The van der Waals surface area contributed by atoms with Crippen LogP contribution in [-0.2, 0) is 11.3 Å². The minimum atomic E-state index is -4.35. The van der Waals surface area contributed by atoms with E-state index < -0.39 is 12.8 Å². The summed E-state index contributed by atoms with van der Waals surface area (Å²) in [7, 11) is 0. The molecule has 1 amide bonds. The van der Waals surface area contributed by atoms with Gasteiger partial charge in [0, 0.05) is 32.1 Å². The Morgan fingerprint density at radius 3 is 2.88 bits per heavy atom. The van der Waals surface area contributed by atoms with Gasteiger partial charge in [0.05, 0.1) is 0 Å². The van der Waals surface area contributed by atoms with E-state index in [4.69, 9.17) is 10.5 Å². The Kier molecular flexibility index (Phi) is 7.71. The maximum absolute atomic E-state index is 12.3. The van der Waals surface area contributed by atoms with Crippen LogP contribution in [0.3, 0.4) is 0 Å². The summed E-state index contributed by atoms with van der Waals surface area (Å²) in [6.07, 6.45) is -0.894. The lowest BCUT2D eigenvalue weighted by Gasteiger charge is -2.36. The zero-order valence-corrected chi connectivity index (χ0v) is 14.7. The first-order valence-corrected chi connectivity index (χ1v) is 8.86. The van der Waals surface area contributed by atoms with Crippen LogP contribution in [0.1, 0.15) is 31.2 Å². The molecule has 5 nitrogen and oxygen atoms in total. The van der Waals surface area contributed by atoms with Gasteiger partial charge in [-0.2, -0.15) is 13.2 Å². The summed E-state index contributed by atoms with van der Waals surface area (Å²) in [5.41, 5.74) is 6.27. The monoisotopic (exact) mass is 373 g/mol. The highest BCUT2D eigenvalue weighted by Crippen LogP contribution is 2.23. The molecule has 1 atom stereocenters. The fourth-order valence-electron chi connectivity index (χ4n) is 3.08. The van der Waals surface area contributed by atoms with Crippen LogP contribution in [0.5, 0.6) is 5.75 Å². The molecule has 0 bridgehead atoms. The zero-order valence-electron chi connectivity index (χ0n) is 14.7. The molecule has 2 rings (SSSR count). The minimum Gasteiger partial charge on any atom is -0.484 e. The number of nitrogens with two attached hydrogens (primary N) is 1. The molecule has 0 aromatic heterocycles. The lowest BCUT2D eigenvalue weighted by atomic mass is 10.0. The second-order valence-corrected chi connectivity index (χ2v) is 6.51. The Morgan fingerprint density at radius 2 is 2.15 bits per heavy atom. The number of nitrogens with zero attached hydrogens (tertiary/aromatic N) is 1. The molecule has 26 heavy (non-hydrogen) atoms. The number of hydrogen-bond acceptors (Lipinski definition) is 4. The maximum Gasteiger partial charge on any atom is 0.422 e. The Bertz CT molecular complexity index is 581. The van der Waals surface area contributed by atoms with Crippen LogP contribution in [-0.4, -0.2) is 49.3 Å². The van der Waals surface area contributed by atoms with Crippen molar-refractivity contribution >= 4 is 5.91 Å². The number of likely N-dealkylation sites (tertiary alicyclic amines) is 1. The van der Waals surface area contributed by atoms with E-state index in [1.807, 2.05) is 6.07 Å². The van der Waals surface area contributed by atoms with Crippen molar-refractivity contribution in [3.05, 3.63) is 29.8 Å². The van der Waals surface area contributed by atoms with E-state index in [1.54, 1.807) is 12.1 Å². The number of hydrogen-bond donors (Lipinski definition) is 2. The van der Waals surface area contributed by atoms with Gasteiger partial charge < -0.3 is 15.8 Å². The Labute approximate surface area is 151 Å². The predicted octanol–water partition coefficient (Wildman–Crippen LogP) is 2.45. The highest BCUT2D eigenvalue weighted by molar-refractivity contribution is 5.76. The van der Waals surface area contributed by atoms with Crippen LogP contribution < -0.4 is 15.8 Å². The summed E-state index contributed by atoms with van der Waals surface area (Å²) in [4.78, 5) is 13.9. The molecule has 1 aromatic rings. The zero-order chi connectivity index (χ0) is 19.0. The van der Waals surface area contributed by atoms with Gasteiger partial charge in [-0.3, -0.25) is 9.69 Å². The average molecular weight is 373 g/mol. The van der Waals surface area contributed by atoms with Crippen molar-refractivity contribution in [3.63, 3.8) is 0 Å². The second-order valence-electron chi connectivity index (χ2n) is 6.51. The Balaban J connectivity index is 1.93. The summed E-state index contributed by atoms with van der Waals surface area (Å²) in [5.74, 6) is 0.158. The van der Waals surface area contributed by atoms with Crippen molar-refractivity contribution in [1.82, 2.24) is 10.2 Å². The smallest absolute Gasteiger partial charge is 0.422 e. The Morgan fingerprint density at radius 1 is 1.35 bits per heavy atom. The number of nitrogens with one attached hydrogen (secondary N) is 1. The maximum atomic E-state index is 12.3. The van der Waals surface area contributed by atoms with Gasteiger partial charge in [0.25, 0.3) is 0 Å². The number of rotatable bonds is 8. The number of alkyl halides is 3. The highest BCUT2D eigenvalue weighted by atomic mass is 19.4. The van der Waals surface area contributed by atoms with Crippen molar-refractivity contribution in [3.8, 4) is 5.75 Å². The quantitative estimate of drug-likeness (QED) is 0.735. The molecular formula is C18H26F3N3O2. The van der Waals surface area contributed by atoms with Gasteiger partial charge >= 0.3 is 6.18 Å². The van der Waals surface area contributed by atoms with Gasteiger partial charge in [0.15, 0.2) is 6.61 Å². The fourth-order valence-corrected chi connectivity index (χ4v) is 3.08. The third kappa shape index (κ3) is 7.21. The van der Waals surface area contributed by atoms with Gasteiger partial charge in [-0.05, 0) is 37.1 Å². The van der Waals surface area contributed by atoms with Crippen molar-refractivity contribution in [2.24, 2.45) is 5.73 Å². The number of benzene rings is 1. The van der Waals surface area contributed by atoms with Gasteiger partial charge in [0.2, 0.25) is 5.91 Å². The summed E-state index contributed by atoms with van der Waals surface area (Å²) >= 11 is 0. The average Bonchev–Trinajstić information content (AvgIpc) is 2.59. The number of halogens is 3. The number of carbonyl (C=O) groups is 1. The molecule has 0 saturated carbocycles. The molecular weight excluding hydrogens is 347 g/mol. The van der Waals surface area contributed by atoms with Gasteiger partial charge in [-0.1, -0.05) is 18.6 Å². The molecule has 1 unspecified atom stereocenters. The van der Waals surface area contributed by atoms with Crippen molar-refractivity contribution in [2.45, 2.75) is 44.4 Å². The molecule has 0 aliphatic carbocycles. The lowest BCUT2D eigenvalue weighted by Crippen LogP contribution is -2.46. The third-order valence-corrected chi connectivity index (χ3v) is 4.34. The molecule has 1 aromatic carbocycles. The predicted molar refractivity (Wildman–Crippen MR) is 92.7 cm³/mol. The van der Waals surface area contributed by atoms with E-state index in [1.165, 1.54) is 6.07 Å². The number of piperidine rings is 1. The van der Waals surface area contributed by atoms with Crippen LogP contribution in [0, 0.1) is 0 Å². The molecule has 3 N–H and O–H groups in total. The summed E-state index contributed by atoms with van der Waals surface area (Å²) in [6, 6.07) is 6.95. The molecule has 146 valence electrons. The minimum absolute atomic E-state index is 0.0550. The van der Waals surface area contributed by atoms with Crippen LogP contribution in [0.15, 0.2) is 24.3 Å². The van der Waals surface area contributed by atoms with Crippen LogP contribution in [0.2, 0.25) is 0 Å². The molecule has 1 fully saturated rings. The molecule has 1 aliphatic rings. The topological polar surface area (TPSA) is 67.6 Å². The second kappa shape index (κ2) is 9.78. The molecule has 0 radical (unpaired) electrons. The molecule has 0 spiro atoms. The number of amides is 1. The van der Waals surface area contributed by atoms with E-state index in [0.717, 1.165) is 31.4 Å². The normalized spacial score (nSPS) is 18.5. The van der Waals surface area contributed by atoms with Crippen molar-refractivity contribution in [1.29, 1.82) is 0 Å². The van der Waals surface area contributed by atoms with Gasteiger partial charge in [-0.15, -0.1) is 0 Å². The summed E-state index contributed by atoms with van der Waals surface area (Å²) in [5, 5.41) is 2.91. The molecule has 1 heterocycles. The molecule has 1 aliphatic heterocycles. The first-order valence-electron chi connectivity index (χ1n) is 8.86. The fraction of sp³-hybridized carbons (Fsp3) is 0.611. The van der Waals surface area contributed by atoms with Crippen molar-refractivity contribution < 1.29 is 22.7 Å². The molecule has 1 saturated heterocycles. The lowest BCUT2D eigenvalue weighted by molar-refractivity contribution is -0.153. The van der Waals surface area contributed by atoms with Crippen molar-refractivity contribution in [2.75, 3.05) is 26.2 Å². The summed E-state index contributed by atoms with van der Waals surface area (Å²) < 4.78 is 41.7. The Hall–Kier alpha value is -1.80. The van der Waals surface area contributed by atoms with Gasteiger partial charge in [-0.25, -0.2) is 0 Å². The number of carbonyl (C=O) groups excluding carboxylic acids is 1. The largest absolute Gasteiger partial charge is 0.484 e. The number of ether oxygens (including phenoxy) is 1. The third-order valence-electron chi connectivity index (χ3n) is 4.34.